The van der Waals surface area contributed by atoms with Crippen molar-refractivity contribution >= 4 is 5.91 Å². The average molecular weight is 436 g/mol. The predicted octanol–water partition coefficient (Wildman–Crippen LogP) is 4.22. The molecule has 5 aromatic rings. The number of nitrogens with one attached hydrogen (secondary N) is 1. The van der Waals surface area contributed by atoms with Crippen LogP contribution in [0.15, 0.2) is 90.0 Å². The molecule has 1 N–H and O–H groups in total. The normalized spacial score (nSPS) is 10.8. The van der Waals surface area contributed by atoms with Crippen LogP contribution in [0.5, 0.6) is 0 Å². The lowest BCUT2D eigenvalue weighted by Gasteiger charge is -2.05. The van der Waals surface area contributed by atoms with Crippen LogP contribution in [0.25, 0.3) is 28.7 Å². The van der Waals surface area contributed by atoms with E-state index in [0.29, 0.717) is 29.6 Å². The molecule has 33 heavy (non-hydrogen) atoms. The van der Waals surface area contributed by atoms with Crippen LogP contribution < -0.4 is 5.32 Å². The fraction of sp³-hybridized carbons (Fsp3) is 0.0800. The highest BCUT2D eigenvalue weighted by Gasteiger charge is 2.18. The number of carbonyl (C=O) groups excluding carboxylic acids is 1. The summed E-state index contributed by atoms with van der Waals surface area (Å²) in [6.45, 7) is 2.44. The molecule has 3 aromatic heterocycles. The Balaban J connectivity index is 1.37. The monoisotopic (exact) mass is 436 g/mol. The van der Waals surface area contributed by atoms with Crippen LogP contribution in [0.3, 0.4) is 0 Å². The summed E-state index contributed by atoms with van der Waals surface area (Å²) in [7, 11) is 0. The lowest BCUT2D eigenvalue weighted by atomic mass is 10.1. The first-order valence-electron chi connectivity index (χ1n) is 10.4. The van der Waals surface area contributed by atoms with E-state index < -0.39 is 0 Å². The van der Waals surface area contributed by atoms with Gasteiger partial charge in [-0.2, -0.15) is 4.98 Å². The molecule has 0 aliphatic heterocycles. The van der Waals surface area contributed by atoms with Crippen LogP contribution in [0.1, 0.15) is 21.6 Å². The molecule has 3 heterocycles. The molecule has 0 aliphatic rings. The molecule has 0 saturated heterocycles. The van der Waals surface area contributed by atoms with E-state index in [1.54, 1.807) is 29.4 Å². The van der Waals surface area contributed by atoms with Crippen molar-refractivity contribution in [3.63, 3.8) is 0 Å². The van der Waals surface area contributed by atoms with Gasteiger partial charge in [0, 0.05) is 24.5 Å². The Bertz CT molecular complexity index is 1410. The minimum atomic E-state index is -0.267. The number of amides is 1. The summed E-state index contributed by atoms with van der Waals surface area (Å²) in [6.07, 6.45) is 4.83. The van der Waals surface area contributed by atoms with Gasteiger partial charge < -0.3 is 9.84 Å². The van der Waals surface area contributed by atoms with Gasteiger partial charge in [-0.3, -0.25) is 9.36 Å². The molecule has 8 nitrogen and oxygen atoms in total. The summed E-state index contributed by atoms with van der Waals surface area (Å²) in [6, 6.07) is 21.2. The van der Waals surface area contributed by atoms with Crippen molar-refractivity contribution in [2.45, 2.75) is 13.5 Å². The van der Waals surface area contributed by atoms with Crippen molar-refractivity contribution in [2.24, 2.45) is 0 Å². The Labute approximate surface area is 190 Å². The highest BCUT2D eigenvalue weighted by molar-refractivity contribution is 5.92. The van der Waals surface area contributed by atoms with E-state index >= 15 is 0 Å². The van der Waals surface area contributed by atoms with E-state index in [0.717, 1.165) is 16.7 Å². The number of aryl methyl sites for hydroxylation is 1. The minimum Gasteiger partial charge on any atom is -0.347 e. The second-order valence-electron chi connectivity index (χ2n) is 7.50. The second kappa shape index (κ2) is 8.88. The first kappa shape index (κ1) is 20.3. The Morgan fingerprint density at radius 2 is 1.91 bits per heavy atom. The number of hydrogen-bond donors (Lipinski definition) is 1. The number of imidazole rings is 1. The largest absolute Gasteiger partial charge is 0.347 e. The van der Waals surface area contributed by atoms with E-state index in [9.17, 15) is 4.79 Å². The third kappa shape index (κ3) is 4.40. The lowest BCUT2D eigenvalue weighted by molar-refractivity contribution is 0.0946. The number of pyridine rings is 1. The van der Waals surface area contributed by atoms with Gasteiger partial charge in [-0.25, -0.2) is 9.97 Å². The maximum absolute atomic E-state index is 12.6. The smallest absolute Gasteiger partial charge is 0.271 e. The van der Waals surface area contributed by atoms with Crippen molar-refractivity contribution in [2.75, 3.05) is 0 Å². The standard InChI is InChI=1S/C25H20N6O2/c1-17-7-5-8-18(13-17)14-27-24(32)21-15-31(16-28-21)23-20(11-6-12-26-23)25-29-22(30-33-25)19-9-3-2-4-10-19/h2-13,15-16H,14H2,1H3,(H,27,32). The van der Waals surface area contributed by atoms with Gasteiger partial charge >= 0.3 is 0 Å². The lowest BCUT2D eigenvalue weighted by Crippen LogP contribution is -2.23. The molecule has 0 atom stereocenters. The molecule has 162 valence electrons. The molecule has 1 amide bonds. The first-order chi connectivity index (χ1) is 16.2. The number of carbonyl (C=O) groups is 1. The van der Waals surface area contributed by atoms with Crippen LogP contribution in [0.2, 0.25) is 0 Å². The molecule has 0 bridgehead atoms. The number of benzene rings is 2. The van der Waals surface area contributed by atoms with Crippen molar-refractivity contribution in [1.29, 1.82) is 0 Å². The van der Waals surface area contributed by atoms with E-state index in [1.807, 2.05) is 67.6 Å². The molecular formula is C25H20N6O2. The predicted molar refractivity (Wildman–Crippen MR) is 122 cm³/mol. The Kier molecular flexibility index (Phi) is 5.47. The van der Waals surface area contributed by atoms with Crippen molar-refractivity contribution < 1.29 is 9.32 Å². The van der Waals surface area contributed by atoms with Gasteiger partial charge in [-0.05, 0) is 24.6 Å². The second-order valence-corrected chi connectivity index (χ2v) is 7.50. The van der Waals surface area contributed by atoms with Crippen molar-refractivity contribution in [3.05, 3.63) is 102 Å². The van der Waals surface area contributed by atoms with Crippen molar-refractivity contribution in [3.8, 4) is 28.7 Å². The summed E-state index contributed by atoms with van der Waals surface area (Å²) in [5.74, 6) is 1.08. The number of rotatable bonds is 6. The maximum Gasteiger partial charge on any atom is 0.271 e. The summed E-state index contributed by atoms with van der Waals surface area (Å²) in [5.41, 5.74) is 3.95. The molecule has 0 radical (unpaired) electrons. The van der Waals surface area contributed by atoms with E-state index in [4.69, 9.17) is 4.52 Å². The topological polar surface area (TPSA) is 98.7 Å². The molecule has 0 aliphatic carbocycles. The van der Waals surface area contributed by atoms with E-state index in [-0.39, 0.29) is 11.6 Å². The fourth-order valence-corrected chi connectivity index (χ4v) is 3.46. The molecular weight excluding hydrogens is 416 g/mol. The van der Waals surface area contributed by atoms with Crippen LogP contribution in [-0.2, 0) is 6.54 Å². The third-order valence-electron chi connectivity index (χ3n) is 5.07. The van der Waals surface area contributed by atoms with Gasteiger partial charge in [-0.15, -0.1) is 0 Å². The molecule has 5 rings (SSSR count). The highest BCUT2D eigenvalue weighted by Crippen LogP contribution is 2.26. The Morgan fingerprint density at radius 3 is 2.76 bits per heavy atom. The van der Waals surface area contributed by atoms with Crippen LogP contribution in [-0.4, -0.2) is 30.6 Å². The molecule has 0 fully saturated rings. The van der Waals surface area contributed by atoms with Gasteiger partial charge in [0.15, 0.2) is 5.82 Å². The summed E-state index contributed by atoms with van der Waals surface area (Å²) in [5, 5.41) is 6.99. The molecule has 8 heteroatoms. The summed E-state index contributed by atoms with van der Waals surface area (Å²) in [4.78, 5) is 25.8. The Hall–Kier alpha value is -4.59. The quantitative estimate of drug-likeness (QED) is 0.428. The zero-order chi connectivity index (χ0) is 22.6. The zero-order valence-electron chi connectivity index (χ0n) is 17.8. The van der Waals surface area contributed by atoms with Gasteiger partial charge in [-0.1, -0.05) is 65.3 Å². The molecule has 0 unspecified atom stereocenters. The summed E-state index contributed by atoms with van der Waals surface area (Å²) < 4.78 is 7.17. The molecule has 0 saturated carbocycles. The van der Waals surface area contributed by atoms with Crippen LogP contribution >= 0.6 is 0 Å². The molecule has 0 spiro atoms. The van der Waals surface area contributed by atoms with Crippen molar-refractivity contribution in [1.82, 2.24) is 30.0 Å². The minimum absolute atomic E-state index is 0.267. The van der Waals surface area contributed by atoms with Crippen LogP contribution in [0, 0.1) is 6.92 Å². The number of nitrogens with zero attached hydrogens (tertiary/aromatic N) is 5. The SMILES string of the molecule is Cc1cccc(CNC(=O)c2cn(-c3ncccc3-c3nc(-c4ccccc4)no3)cn2)c1. The van der Waals surface area contributed by atoms with E-state index in [2.05, 4.69) is 25.4 Å². The third-order valence-corrected chi connectivity index (χ3v) is 5.07. The number of aromatic nitrogens is 5. The first-order valence-corrected chi connectivity index (χ1v) is 10.4. The van der Waals surface area contributed by atoms with Crippen LogP contribution in [0.4, 0.5) is 0 Å². The van der Waals surface area contributed by atoms with E-state index in [1.165, 1.54) is 0 Å². The Morgan fingerprint density at radius 1 is 1.03 bits per heavy atom. The molecule has 2 aromatic carbocycles. The van der Waals surface area contributed by atoms with Gasteiger partial charge in [0.25, 0.3) is 11.8 Å². The fourth-order valence-electron chi connectivity index (χ4n) is 3.46. The average Bonchev–Trinajstić information content (AvgIpc) is 3.54. The number of hydrogen-bond acceptors (Lipinski definition) is 6. The zero-order valence-corrected chi connectivity index (χ0v) is 17.8. The maximum atomic E-state index is 12.6. The highest BCUT2D eigenvalue weighted by atomic mass is 16.5. The summed E-state index contributed by atoms with van der Waals surface area (Å²) >= 11 is 0. The van der Waals surface area contributed by atoms with Gasteiger partial charge in [0.2, 0.25) is 5.82 Å². The van der Waals surface area contributed by atoms with Gasteiger partial charge in [0.05, 0.1) is 5.56 Å². The van der Waals surface area contributed by atoms with Gasteiger partial charge in [0.1, 0.15) is 12.0 Å².